The van der Waals surface area contributed by atoms with Crippen LogP contribution in [-0.2, 0) is 19.1 Å². The number of methoxy groups -OCH3 is 1. The molecule has 0 aliphatic rings. The molecule has 0 heterocycles. The van der Waals surface area contributed by atoms with Crippen LogP contribution in [-0.4, -0.2) is 37.6 Å². The Kier molecular flexibility index (Phi) is 7.54. The van der Waals surface area contributed by atoms with Gasteiger partial charge in [0, 0.05) is 0 Å². The number of rotatable bonds is 7. The van der Waals surface area contributed by atoms with Gasteiger partial charge >= 0.3 is 11.9 Å². The number of ether oxygens (including phenoxy) is 2. The molecular formula is C16H20ClNO5. The van der Waals surface area contributed by atoms with Crippen molar-refractivity contribution in [1.82, 2.24) is 5.32 Å². The zero-order valence-corrected chi connectivity index (χ0v) is 14.1. The number of carbonyl (C=O) groups is 3. The van der Waals surface area contributed by atoms with Gasteiger partial charge in [0.15, 0.2) is 6.61 Å². The van der Waals surface area contributed by atoms with Crippen LogP contribution >= 0.6 is 11.6 Å². The van der Waals surface area contributed by atoms with Gasteiger partial charge in [-0.1, -0.05) is 37.6 Å². The molecule has 0 aliphatic carbocycles. The van der Waals surface area contributed by atoms with Gasteiger partial charge in [0.1, 0.15) is 6.04 Å². The Labute approximate surface area is 140 Å². The molecule has 0 saturated carbocycles. The van der Waals surface area contributed by atoms with Crippen molar-refractivity contribution in [1.29, 1.82) is 0 Å². The summed E-state index contributed by atoms with van der Waals surface area (Å²) in [6.07, 6.45) is 0.427. The van der Waals surface area contributed by atoms with E-state index in [1.807, 2.05) is 13.8 Å². The molecule has 0 radical (unpaired) electrons. The summed E-state index contributed by atoms with van der Waals surface area (Å²) < 4.78 is 9.55. The zero-order valence-electron chi connectivity index (χ0n) is 13.3. The SMILES string of the molecule is COC(=O)[C@@H](CC(C)C)NC(=O)COC(=O)c1ccccc1Cl. The van der Waals surface area contributed by atoms with E-state index in [0.29, 0.717) is 6.42 Å². The summed E-state index contributed by atoms with van der Waals surface area (Å²) in [5, 5.41) is 2.74. The van der Waals surface area contributed by atoms with Crippen molar-refractivity contribution in [2.75, 3.05) is 13.7 Å². The minimum absolute atomic E-state index is 0.175. The summed E-state index contributed by atoms with van der Waals surface area (Å²) >= 11 is 5.87. The van der Waals surface area contributed by atoms with Gasteiger partial charge in [0.05, 0.1) is 17.7 Å². The van der Waals surface area contributed by atoms with Crippen LogP contribution < -0.4 is 5.32 Å². The molecule has 0 fully saturated rings. The maximum absolute atomic E-state index is 11.8. The van der Waals surface area contributed by atoms with Gasteiger partial charge in [-0.2, -0.15) is 0 Å². The Morgan fingerprint density at radius 3 is 2.43 bits per heavy atom. The van der Waals surface area contributed by atoms with E-state index in [-0.39, 0.29) is 16.5 Å². The lowest BCUT2D eigenvalue weighted by atomic mass is 10.0. The van der Waals surface area contributed by atoms with Gasteiger partial charge < -0.3 is 14.8 Å². The van der Waals surface area contributed by atoms with Gasteiger partial charge in [-0.3, -0.25) is 4.79 Å². The monoisotopic (exact) mass is 341 g/mol. The molecule has 23 heavy (non-hydrogen) atoms. The molecule has 0 saturated heterocycles. The molecule has 1 N–H and O–H groups in total. The maximum Gasteiger partial charge on any atom is 0.340 e. The summed E-state index contributed by atoms with van der Waals surface area (Å²) in [5.74, 6) is -1.64. The normalized spacial score (nSPS) is 11.7. The minimum atomic E-state index is -0.772. The summed E-state index contributed by atoms with van der Waals surface area (Å²) in [6.45, 7) is 3.33. The van der Waals surface area contributed by atoms with Crippen molar-refractivity contribution in [2.24, 2.45) is 5.92 Å². The van der Waals surface area contributed by atoms with E-state index in [2.05, 4.69) is 10.1 Å². The standard InChI is InChI=1S/C16H20ClNO5/c1-10(2)8-13(16(21)22-3)18-14(19)9-23-15(20)11-6-4-5-7-12(11)17/h4-7,10,13H,8-9H2,1-3H3,(H,18,19)/t13-/m1/s1. The van der Waals surface area contributed by atoms with E-state index in [0.717, 1.165) is 0 Å². The third-order valence-corrected chi connectivity index (χ3v) is 3.29. The Balaban J connectivity index is 2.56. The number of nitrogens with one attached hydrogen (secondary N) is 1. The Morgan fingerprint density at radius 1 is 1.22 bits per heavy atom. The van der Waals surface area contributed by atoms with Gasteiger partial charge in [-0.05, 0) is 24.5 Å². The average molecular weight is 342 g/mol. The van der Waals surface area contributed by atoms with Gasteiger partial charge in [0.25, 0.3) is 5.91 Å². The van der Waals surface area contributed by atoms with E-state index in [1.54, 1.807) is 18.2 Å². The number of halogens is 1. The average Bonchev–Trinajstić information content (AvgIpc) is 2.51. The van der Waals surface area contributed by atoms with E-state index in [4.69, 9.17) is 16.3 Å². The summed E-state index contributed by atoms with van der Waals surface area (Å²) in [6, 6.07) is 5.59. The summed E-state index contributed by atoms with van der Waals surface area (Å²) in [5.41, 5.74) is 0.175. The van der Waals surface area contributed by atoms with Crippen LogP contribution in [0.4, 0.5) is 0 Å². The van der Waals surface area contributed by atoms with Crippen LogP contribution in [0.5, 0.6) is 0 Å². The van der Waals surface area contributed by atoms with Crippen molar-refractivity contribution < 1.29 is 23.9 Å². The summed E-state index contributed by atoms with van der Waals surface area (Å²) in [7, 11) is 1.25. The molecule has 0 bridgehead atoms. The molecule has 0 aromatic heterocycles. The number of amides is 1. The van der Waals surface area contributed by atoms with E-state index < -0.39 is 30.5 Å². The van der Waals surface area contributed by atoms with Crippen LogP contribution in [0.3, 0.4) is 0 Å². The van der Waals surface area contributed by atoms with Crippen molar-refractivity contribution in [3.63, 3.8) is 0 Å². The predicted molar refractivity (Wildman–Crippen MR) is 85.1 cm³/mol. The molecule has 1 aromatic rings. The van der Waals surface area contributed by atoms with Gasteiger partial charge in [-0.15, -0.1) is 0 Å². The first kappa shape index (κ1) is 19.0. The lowest BCUT2D eigenvalue weighted by molar-refractivity contribution is -0.145. The topological polar surface area (TPSA) is 81.7 Å². The Hall–Kier alpha value is -2.08. The van der Waals surface area contributed by atoms with Crippen molar-refractivity contribution >= 4 is 29.4 Å². The first-order valence-electron chi connectivity index (χ1n) is 7.14. The highest BCUT2D eigenvalue weighted by molar-refractivity contribution is 6.33. The Morgan fingerprint density at radius 2 is 1.87 bits per heavy atom. The minimum Gasteiger partial charge on any atom is -0.467 e. The van der Waals surface area contributed by atoms with E-state index in [1.165, 1.54) is 13.2 Å². The van der Waals surface area contributed by atoms with E-state index >= 15 is 0 Å². The second-order valence-corrected chi connectivity index (χ2v) is 5.74. The van der Waals surface area contributed by atoms with Crippen LogP contribution in [0.2, 0.25) is 5.02 Å². The molecule has 0 aliphatic heterocycles. The van der Waals surface area contributed by atoms with Crippen LogP contribution in [0.25, 0.3) is 0 Å². The second-order valence-electron chi connectivity index (χ2n) is 5.33. The van der Waals surface area contributed by atoms with Gasteiger partial charge in [-0.25, -0.2) is 9.59 Å². The smallest absolute Gasteiger partial charge is 0.340 e. The number of hydrogen-bond donors (Lipinski definition) is 1. The van der Waals surface area contributed by atoms with Gasteiger partial charge in [0.2, 0.25) is 0 Å². The van der Waals surface area contributed by atoms with Crippen LogP contribution in [0.1, 0.15) is 30.6 Å². The molecule has 7 heteroatoms. The quantitative estimate of drug-likeness (QED) is 0.769. The molecule has 6 nitrogen and oxygen atoms in total. The molecule has 126 valence electrons. The zero-order chi connectivity index (χ0) is 17.4. The maximum atomic E-state index is 11.8. The highest BCUT2D eigenvalue weighted by Gasteiger charge is 2.23. The fourth-order valence-corrected chi connectivity index (χ4v) is 2.11. The lowest BCUT2D eigenvalue weighted by Gasteiger charge is -2.18. The van der Waals surface area contributed by atoms with Crippen molar-refractivity contribution in [3.05, 3.63) is 34.9 Å². The largest absolute Gasteiger partial charge is 0.467 e. The molecule has 1 rings (SSSR count). The molecule has 0 spiro atoms. The highest BCUT2D eigenvalue weighted by Crippen LogP contribution is 2.15. The Bertz CT molecular complexity index is 573. The first-order chi connectivity index (χ1) is 10.8. The predicted octanol–water partition coefficient (Wildman–Crippen LogP) is 2.20. The number of benzene rings is 1. The van der Waals surface area contributed by atoms with Crippen molar-refractivity contribution in [2.45, 2.75) is 26.3 Å². The molecule has 0 unspecified atom stereocenters. The molecule has 1 amide bonds. The second kappa shape index (κ2) is 9.15. The third kappa shape index (κ3) is 6.28. The number of esters is 2. The highest BCUT2D eigenvalue weighted by atomic mass is 35.5. The van der Waals surface area contributed by atoms with Crippen LogP contribution in [0.15, 0.2) is 24.3 Å². The lowest BCUT2D eigenvalue weighted by Crippen LogP contribution is -2.44. The molecule has 1 aromatic carbocycles. The number of carbonyl (C=O) groups excluding carboxylic acids is 3. The fourth-order valence-electron chi connectivity index (χ4n) is 1.90. The molecule has 1 atom stereocenters. The number of hydrogen-bond acceptors (Lipinski definition) is 5. The first-order valence-corrected chi connectivity index (χ1v) is 7.51. The summed E-state index contributed by atoms with van der Waals surface area (Å²) in [4.78, 5) is 35.3. The van der Waals surface area contributed by atoms with Crippen molar-refractivity contribution in [3.8, 4) is 0 Å². The third-order valence-electron chi connectivity index (χ3n) is 2.96. The molecular weight excluding hydrogens is 322 g/mol. The fraction of sp³-hybridized carbons (Fsp3) is 0.438. The van der Waals surface area contributed by atoms with Crippen LogP contribution in [0, 0.1) is 5.92 Å². The van der Waals surface area contributed by atoms with E-state index in [9.17, 15) is 14.4 Å².